The molecule has 0 saturated carbocycles. The van der Waals surface area contributed by atoms with Crippen LogP contribution >= 0.6 is 0 Å². The quantitative estimate of drug-likeness (QED) is 0.0790. The fraction of sp³-hybridized carbons (Fsp3) is 0.812. The molecule has 0 bridgehead atoms. The van der Waals surface area contributed by atoms with E-state index in [0.717, 1.165) is 0 Å². The van der Waals surface area contributed by atoms with Gasteiger partial charge in [-0.2, -0.15) is 0 Å². The molecule has 218 valence electrons. The largest absolute Gasteiger partial charge is 0.744 e. The predicted octanol–water partition coefficient (Wildman–Crippen LogP) is 9.50. The number of rotatable bonds is 23. The molecule has 1 aromatic rings. The van der Waals surface area contributed by atoms with Gasteiger partial charge in [0, 0.05) is 0 Å². The number of hydrogen-bond acceptors (Lipinski definition) is 3. The minimum atomic E-state index is -4.25. The van der Waals surface area contributed by atoms with E-state index in [4.69, 9.17) is 0 Å². The van der Waals surface area contributed by atoms with Crippen LogP contribution in [0.5, 0.6) is 0 Å². The summed E-state index contributed by atoms with van der Waals surface area (Å²) in [5.74, 6) is 0. The molecule has 0 amide bonds. The summed E-state index contributed by atoms with van der Waals surface area (Å²) in [5.41, 5.74) is 0. The van der Waals surface area contributed by atoms with Gasteiger partial charge < -0.3 is 9.04 Å². The Kier molecular flexibility index (Phi) is 23.6. The van der Waals surface area contributed by atoms with Crippen LogP contribution in [0.1, 0.15) is 142 Å². The van der Waals surface area contributed by atoms with Gasteiger partial charge in [0.1, 0.15) is 10.1 Å². The maximum Gasteiger partial charge on any atom is 0.124 e. The summed E-state index contributed by atoms with van der Waals surface area (Å²) < 4.78 is 32.1. The second kappa shape index (κ2) is 24.2. The van der Waals surface area contributed by atoms with E-state index in [1.165, 1.54) is 170 Å². The molecule has 0 N–H and O–H groups in total. The van der Waals surface area contributed by atoms with Gasteiger partial charge in [0.05, 0.1) is 32.1 Å². The summed E-state index contributed by atoms with van der Waals surface area (Å²) in [7, 11) is 0.639. The molecule has 0 spiro atoms. The highest BCUT2D eigenvalue weighted by Crippen LogP contribution is 2.14. The molecule has 0 aromatic heterocycles. The first-order valence-corrected chi connectivity index (χ1v) is 17.0. The van der Waals surface area contributed by atoms with Gasteiger partial charge in [-0.15, -0.1) is 0 Å². The van der Waals surface area contributed by atoms with Crippen molar-refractivity contribution in [1.82, 2.24) is 0 Å². The van der Waals surface area contributed by atoms with Crippen LogP contribution in [0.2, 0.25) is 0 Å². The second-order valence-corrected chi connectivity index (χ2v) is 12.9. The standard InChI is InChI=1S/C26H56N.C6H6O3S/c1-5-7-9-11-13-15-17-19-21-23-25-27(3,4)26-24-22-20-18-16-14-12-10-8-6-2;7-10(8,9)6-4-2-1-3-5-6/h5-26H2,1-4H3;1-5H,(H,7,8,9)/q+1;/p-1. The predicted molar refractivity (Wildman–Crippen MR) is 160 cm³/mol. The number of quaternary nitrogens is 1. The van der Waals surface area contributed by atoms with Crippen molar-refractivity contribution < 1.29 is 17.5 Å². The summed E-state index contributed by atoms with van der Waals surface area (Å²) >= 11 is 0. The summed E-state index contributed by atoms with van der Waals surface area (Å²) in [6.45, 7) is 7.37. The van der Waals surface area contributed by atoms with Crippen LogP contribution < -0.4 is 0 Å². The molecule has 4 nitrogen and oxygen atoms in total. The average molecular weight is 540 g/mol. The van der Waals surface area contributed by atoms with Gasteiger partial charge >= 0.3 is 0 Å². The fourth-order valence-corrected chi connectivity index (χ4v) is 5.24. The van der Waals surface area contributed by atoms with Crippen molar-refractivity contribution in [1.29, 1.82) is 0 Å². The van der Waals surface area contributed by atoms with Gasteiger partial charge in [0.25, 0.3) is 0 Å². The van der Waals surface area contributed by atoms with Crippen molar-refractivity contribution in [3.05, 3.63) is 30.3 Å². The van der Waals surface area contributed by atoms with Crippen LogP contribution in [0.25, 0.3) is 0 Å². The third-order valence-corrected chi connectivity index (χ3v) is 8.12. The normalized spacial score (nSPS) is 11.8. The lowest BCUT2D eigenvalue weighted by atomic mass is 10.1. The molecular formula is C32H61NO3S. The molecule has 0 aliphatic heterocycles. The molecule has 0 fully saturated rings. The zero-order chi connectivity index (χ0) is 27.7. The first kappa shape index (κ1) is 36.1. The SMILES string of the molecule is CCCCCCCCCCCC[N+](C)(C)CCCCCCCCCCCC.O=S(=O)([O-])c1ccccc1. The smallest absolute Gasteiger partial charge is 0.124 e. The molecule has 0 saturated heterocycles. The van der Waals surface area contributed by atoms with Gasteiger partial charge in [0.2, 0.25) is 0 Å². The van der Waals surface area contributed by atoms with E-state index in [2.05, 4.69) is 27.9 Å². The van der Waals surface area contributed by atoms with Crippen LogP contribution in [0, 0.1) is 0 Å². The Morgan fingerprint density at radius 3 is 1.11 bits per heavy atom. The van der Waals surface area contributed by atoms with Gasteiger partial charge in [-0.25, -0.2) is 8.42 Å². The van der Waals surface area contributed by atoms with Gasteiger partial charge in [-0.05, 0) is 37.8 Å². The average Bonchev–Trinajstić information content (AvgIpc) is 2.87. The van der Waals surface area contributed by atoms with Crippen molar-refractivity contribution in [2.45, 2.75) is 147 Å². The number of unbranched alkanes of at least 4 members (excludes halogenated alkanes) is 18. The van der Waals surface area contributed by atoms with E-state index in [1.54, 1.807) is 6.07 Å². The molecule has 0 radical (unpaired) electrons. The van der Waals surface area contributed by atoms with Crippen molar-refractivity contribution >= 4 is 10.1 Å². The second-order valence-electron chi connectivity index (χ2n) is 11.5. The Bertz CT molecular complexity index is 678. The Hall–Kier alpha value is -0.910. The van der Waals surface area contributed by atoms with Gasteiger partial charge in [0.15, 0.2) is 0 Å². The molecule has 5 heteroatoms. The fourth-order valence-electron chi connectivity index (χ4n) is 4.75. The lowest BCUT2D eigenvalue weighted by Gasteiger charge is -2.30. The molecule has 37 heavy (non-hydrogen) atoms. The highest BCUT2D eigenvalue weighted by atomic mass is 32.2. The molecule has 0 unspecified atom stereocenters. The molecule has 0 aliphatic rings. The third kappa shape index (κ3) is 25.1. The van der Waals surface area contributed by atoms with Crippen LogP contribution in [0.4, 0.5) is 0 Å². The highest BCUT2D eigenvalue weighted by molar-refractivity contribution is 7.85. The zero-order valence-electron chi connectivity index (χ0n) is 25.0. The molecule has 0 heterocycles. The van der Waals surface area contributed by atoms with E-state index in [0.29, 0.717) is 0 Å². The van der Waals surface area contributed by atoms with Crippen molar-refractivity contribution in [2.75, 3.05) is 27.2 Å². The van der Waals surface area contributed by atoms with Crippen LogP contribution in [0.3, 0.4) is 0 Å². The first-order valence-electron chi connectivity index (χ1n) is 15.6. The van der Waals surface area contributed by atoms with E-state index in [9.17, 15) is 13.0 Å². The van der Waals surface area contributed by atoms with E-state index >= 15 is 0 Å². The summed E-state index contributed by atoms with van der Waals surface area (Å²) in [4.78, 5) is -0.185. The minimum absolute atomic E-state index is 0.185. The molecule has 0 aliphatic carbocycles. The van der Waals surface area contributed by atoms with E-state index < -0.39 is 10.1 Å². The van der Waals surface area contributed by atoms with Crippen LogP contribution in [0.15, 0.2) is 35.2 Å². The Morgan fingerprint density at radius 1 is 0.541 bits per heavy atom. The Labute approximate surface area is 232 Å². The van der Waals surface area contributed by atoms with E-state index in [1.807, 2.05) is 0 Å². The number of nitrogens with zero attached hydrogens (tertiary/aromatic N) is 1. The molecular weight excluding hydrogens is 478 g/mol. The number of benzene rings is 1. The summed E-state index contributed by atoms with van der Waals surface area (Å²) in [6, 6.07) is 7.19. The van der Waals surface area contributed by atoms with Crippen molar-refractivity contribution in [3.63, 3.8) is 0 Å². The summed E-state index contributed by atoms with van der Waals surface area (Å²) in [5, 5.41) is 0. The lowest BCUT2D eigenvalue weighted by molar-refractivity contribution is -0.890. The molecule has 0 atom stereocenters. The Balaban J connectivity index is 0.00000107. The van der Waals surface area contributed by atoms with Crippen LogP contribution in [-0.4, -0.2) is 44.6 Å². The monoisotopic (exact) mass is 539 g/mol. The topological polar surface area (TPSA) is 57.2 Å². The maximum atomic E-state index is 10.3. The minimum Gasteiger partial charge on any atom is -0.744 e. The first-order chi connectivity index (χ1) is 17.7. The lowest BCUT2D eigenvalue weighted by Crippen LogP contribution is -2.41. The van der Waals surface area contributed by atoms with Crippen molar-refractivity contribution in [2.24, 2.45) is 0 Å². The van der Waals surface area contributed by atoms with Gasteiger partial charge in [-0.1, -0.05) is 135 Å². The van der Waals surface area contributed by atoms with E-state index in [-0.39, 0.29) is 4.90 Å². The van der Waals surface area contributed by atoms with Crippen LogP contribution in [-0.2, 0) is 10.1 Å². The van der Waals surface area contributed by atoms with Gasteiger partial charge in [-0.3, -0.25) is 0 Å². The Morgan fingerprint density at radius 2 is 0.838 bits per heavy atom. The highest BCUT2D eigenvalue weighted by Gasteiger charge is 2.13. The third-order valence-electron chi connectivity index (χ3n) is 7.27. The number of hydrogen-bond donors (Lipinski definition) is 0. The zero-order valence-corrected chi connectivity index (χ0v) is 25.8. The van der Waals surface area contributed by atoms with Crippen molar-refractivity contribution in [3.8, 4) is 0 Å². The molecule has 1 rings (SSSR count). The summed E-state index contributed by atoms with van der Waals surface area (Å²) in [6.07, 6.45) is 29.0. The molecule has 1 aromatic carbocycles. The maximum absolute atomic E-state index is 10.3.